The molecule has 2 atom stereocenters. The molecule has 0 aliphatic carbocycles. The maximum absolute atomic E-state index is 12.9. The average molecular weight is 467 g/mol. The number of ether oxygens (including phenoxy) is 1. The Kier molecular flexibility index (Phi) is 13.4. The van der Waals surface area contributed by atoms with E-state index in [4.69, 9.17) is 22.4 Å². The molecule has 0 spiro atoms. The Balaban J connectivity index is 4.57. The van der Waals surface area contributed by atoms with E-state index in [-0.39, 0.29) is 18.6 Å². The molecule has 0 fully saturated rings. The van der Waals surface area contributed by atoms with Gasteiger partial charge >= 0.3 is 21.2 Å². The number of hydrogen-bond donors (Lipinski definition) is 0. The molecular formula is C18H38F4O5Si2. The van der Waals surface area contributed by atoms with Gasteiger partial charge in [0, 0.05) is 40.1 Å². The minimum atomic E-state index is -4.11. The SMILES string of the molecule is CO[Si](CCCC(C)C(CCCOCC(F)(F)C(F)F)O[Si](C)(C)C)(OC)OC. The molecule has 0 aromatic carbocycles. The third-order valence-corrected chi connectivity index (χ3v) is 8.45. The minimum Gasteiger partial charge on any atom is -0.414 e. The number of rotatable bonds is 17. The molecule has 2 unspecified atom stereocenters. The fourth-order valence-corrected chi connectivity index (χ4v) is 5.96. The van der Waals surface area contributed by atoms with Crippen molar-refractivity contribution < 1.29 is 40.0 Å². The van der Waals surface area contributed by atoms with Crippen LogP contribution in [0.2, 0.25) is 25.7 Å². The highest BCUT2D eigenvalue weighted by Gasteiger charge is 2.41. The molecule has 0 aliphatic heterocycles. The maximum Gasteiger partial charge on any atom is 0.500 e. The summed E-state index contributed by atoms with van der Waals surface area (Å²) >= 11 is 0. The van der Waals surface area contributed by atoms with Crippen molar-refractivity contribution in [3.8, 4) is 0 Å². The highest BCUT2D eigenvalue weighted by Crippen LogP contribution is 2.26. The largest absolute Gasteiger partial charge is 0.500 e. The van der Waals surface area contributed by atoms with Gasteiger partial charge in [-0.2, -0.15) is 8.78 Å². The van der Waals surface area contributed by atoms with Crippen LogP contribution >= 0.6 is 0 Å². The Hall–Kier alpha value is -0.0462. The van der Waals surface area contributed by atoms with Crippen molar-refractivity contribution in [2.75, 3.05) is 34.5 Å². The lowest BCUT2D eigenvalue weighted by molar-refractivity contribution is -0.166. The zero-order valence-corrected chi connectivity index (χ0v) is 20.7. The second kappa shape index (κ2) is 13.4. The molecule has 29 heavy (non-hydrogen) atoms. The van der Waals surface area contributed by atoms with Gasteiger partial charge in [0.15, 0.2) is 8.32 Å². The molecule has 0 rings (SSSR count). The van der Waals surface area contributed by atoms with Gasteiger partial charge in [-0.05, 0) is 51.2 Å². The summed E-state index contributed by atoms with van der Waals surface area (Å²) in [6.07, 6.45) is -0.980. The van der Waals surface area contributed by atoms with Crippen LogP contribution in [0, 0.1) is 5.92 Å². The topological polar surface area (TPSA) is 46.2 Å². The van der Waals surface area contributed by atoms with E-state index < -0.39 is 36.1 Å². The number of halogens is 4. The molecule has 0 radical (unpaired) electrons. The molecule has 0 N–H and O–H groups in total. The van der Waals surface area contributed by atoms with Gasteiger partial charge in [-0.25, -0.2) is 8.78 Å². The Morgan fingerprint density at radius 3 is 1.90 bits per heavy atom. The second-order valence-corrected chi connectivity index (χ2v) is 15.7. The molecule has 0 bridgehead atoms. The zero-order valence-electron chi connectivity index (χ0n) is 18.7. The van der Waals surface area contributed by atoms with Gasteiger partial charge in [0.1, 0.15) is 6.61 Å². The summed E-state index contributed by atoms with van der Waals surface area (Å²) in [5.74, 6) is -3.89. The van der Waals surface area contributed by atoms with Gasteiger partial charge in [0.25, 0.3) is 0 Å². The zero-order chi connectivity index (χ0) is 22.7. The molecule has 0 saturated heterocycles. The fourth-order valence-electron chi connectivity index (χ4n) is 2.95. The van der Waals surface area contributed by atoms with E-state index in [1.165, 1.54) is 0 Å². The first-order valence-electron chi connectivity index (χ1n) is 9.89. The molecule has 176 valence electrons. The van der Waals surface area contributed by atoms with Gasteiger partial charge in [0.05, 0.1) is 0 Å². The van der Waals surface area contributed by atoms with E-state index in [9.17, 15) is 17.6 Å². The Morgan fingerprint density at radius 1 is 0.897 bits per heavy atom. The van der Waals surface area contributed by atoms with Crippen LogP contribution in [0.4, 0.5) is 17.6 Å². The van der Waals surface area contributed by atoms with Crippen LogP contribution in [-0.4, -0.2) is 70.1 Å². The maximum atomic E-state index is 12.9. The average Bonchev–Trinajstić information content (AvgIpc) is 2.63. The highest BCUT2D eigenvalue weighted by molar-refractivity contribution is 6.69. The van der Waals surface area contributed by atoms with Crippen LogP contribution in [0.15, 0.2) is 0 Å². The van der Waals surface area contributed by atoms with Gasteiger partial charge in [-0.3, -0.25) is 0 Å². The van der Waals surface area contributed by atoms with Gasteiger partial charge < -0.3 is 22.4 Å². The Morgan fingerprint density at radius 2 is 1.45 bits per heavy atom. The normalized spacial score (nSPS) is 15.7. The van der Waals surface area contributed by atoms with Crippen LogP contribution < -0.4 is 0 Å². The minimum absolute atomic E-state index is 0.00631. The van der Waals surface area contributed by atoms with Gasteiger partial charge in [0.2, 0.25) is 0 Å². The van der Waals surface area contributed by atoms with Gasteiger partial charge in [-0.1, -0.05) is 6.92 Å². The molecule has 0 heterocycles. The van der Waals surface area contributed by atoms with Crippen molar-refractivity contribution in [2.45, 2.75) is 76.7 Å². The van der Waals surface area contributed by atoms with Gasteiger partial charge in [-0.15, -0.1) is 0 Å². The lowest BCUT2D eigenvalue weighted by Gasteiger charge is -2.32. The van der Waals surface area contributed by atoms with Crippen molar-refractivity contribution in [1.82, 2.24) is 0 Å². The van der Waals surface area contributed by atoms with Crippen LogP contribution in [0.25, 0.3) is 0 Å². The van der Waals surface area contributed by atoms with Crippen molar-refractivity contribution in [2.24, 2.45) is 5.92 Å². The molecule has 0 aliphatic rings. The summed E-state index contributed by atoms with van der Waals surface area (Å²) in [7, 11) is 0.310. The molecule has 0 saturated carbocycles. The summed E-state index contributed by atoms with van der Waals surface area (Å²) < 4.78 is 77.4. The number of hydrogen-bond acceptors (Lipinski definition) is 5. The third kappa shape index (κ3) is 11.8. The molecule has 0 amide bonds. The third-order valence-electron chi connectivity index (χ3n) is 4.61. The second-order valence-electron chi connectivity index (χ2n) is 8.19. The first-order valence-corrected chi connectivity index (χ1v) is 15.2. The van der Waals surface area contributed by atoms with Crippen molar-refractivity contribution in [3.63, 3.8) is 0 Å². The van der Waals surface area contributed by atoms with Crippen molar-refractivity contribution >= 4 is 17.1 Å². The molecule has 5 nitrogen and oxygen atoms in total. The summed E-state index contributed by atoms with van der Waals surface area (Å²) in [6, 6.07) is 0.687. The summed E-state index contributed by atoms with van der Waals surface area (Å²) in [4.78, 5) is 0. The summed E-state index contributed by atoms with van der Waals surface area (Å²) in [5, 5.41) is 0. The summed E-state index contributed by atoms with van der Waals surface area (Å²) in [5.41, 5.74) is 0. The first kappa shape index (κ1) is 29.0. The lowest BCUT2D eigenvalue weighted by atomic mass is 9.96. The summed E-state index contributed by atoms with van der Waals surface area (Å²) in [6.45, 7) is 7.08. The van der Waals surface area contributed by atoms with E-state index in [0.29, 0.717) is 18.9 Å². The van der Waals surface area contributed by atoms with E-state index in [1.54, 1.807) is 21.3 Å². The molecule has 11 heteroatoms. The monoisotopic (exact) mass is 466 g/mol. The predicted molar refractivity (Wildman–Crippen MR) is 109 cm³/mol. The smallest absolute Gasteiger partial charge is 0.414 e. The van der Waals surface area contributed by atoms with Crippen molar-refractivity contribution in [1.29, 1.82) is 0 Å². The molecule has 0 aromatic heterocycles. The quantitative estimate of drug-likeness (QED) is 0.168. The van der Waals surface area contributed by atoms with E-state index in [0.717, 1.165) is 12.8 Å². The Labute approximate surface area is 174 Å². The number of alkyl halides is 4. The standard InChI is InChI=1S/C18H38F4O5Si2/c1-15(10-9-13-29(23-2,24-3)25-4)16(27-28(5,6)7)11-8-12-26-14-18(21,22)17(19)20/h15-17H,8-14H2,1-7H3. The fraction of sp³-hybridized carbons (Fsp3) is 1.00. The van der Waals surface area contributed by atoms with Crippen LogP contribution in [0.5, 0.6) is 0 Å². The molecular weight excluding hydrogens is 428 g/mol. The predicted octanol–water partition coefficient (Wildman–Crippen LogP) is 5.20. The van der Waals surface area contributed by atoms with Crippen LogP contribution in [0.3, 0.4) is 0 Å². The highest BCUT2D eigenvalue weighted by atomic mass is 28.4. The first-order chi connectivity index (χ1) is 13.3. The van der Waals surface area contributed by atoms with E-state index in [2.05, 4.69) is 26.6 Å². The molecule has 0 aromatic rings. The van der Waals surface area contributed by atoms with Crippen LogP contribution in [-0.2, 0) is 22.4 Å². The van der Waals surface area contributed by atoms with E-state index in [1.807, 2.05) is 0 Å². The van der Waals surface area contributed by atoms with E-state index >= 15 is 0 Å². The lowest BCUT2D eigenvalue weighted by Crippen LogP contribution is -2.42. The van der Waals surface area contributed by atoms with Crippen molar-refractivity contribution in [3.05, 3.63) is 0 Å². The Bertz CT molecular complexity index is 427. The van der Waals surface area contributed by atoms with Crippen LogP contribution in [0.1, 0.15) is 32.6 Å².